The Hall–Kier alpha value is -2.11. The quantitative estimate of drug-likeness (QED) is 0.0261. The lowest BCUT2D eigenvalue weighted by atomic mass is 10.0. The number of ether oxygens (including phenoxy) is 3. The van der Waals surface area contributed by atoms with E-state index in [9.17, 15) is 14.4 Å². The minimum absolute atomic E-state index is 0.0683. The van der Waals surface area contributed by atoms with Gasteiger partial charge in [0, 0.05) is 19.3 Å². The van der Waals surface area contributed by atoms with E-state index in [1.807, 2.05) is 0 Å². The lowest BCUT2D eigenvalue weighted by Gasteiger charge is -2.18. The molecule has 1 unspecified atom stereocenters. The van der Waals surface area contributed by atoms with Gasteiger partial charge in [-0.15, -0.1) is 0 Å². The largest absolute Gasteiger partial charge is 0.462 e. The molecule has 442 valence electrons. The zero-order valence-corrected chi connectivity index (χ0v) is 50.8. The molecule has 1 atom stereocenters. The third-order valence-electron chi connectivity index (χ3n) is 15.4. The molecule has 0 aromatic rings. The zero-order valence-electron chi connectivity index (χ0n) is 50.8. The number of esters is 3. The Morgan fingerprint density at radius 1 is 0.253 bits per heavy atom. The first-order valence-electron chi connectivity index (χ1n) is 33.8. The molecule has 0 amide bonds. The summed E-state index contributed by atoms with van der Waals surface area (Å²) in [6, 6.07) is 0. The summed E-state index contributed by atoms with van der Waals surface area (Å²) in [6.07, 6.45) is 78.4. The Kier molecular flexibility index (Phi) is 62.6. The fourth-order valence-electron chi connectivity index (χ4n) is 10.3. The van der Waals surface area contributed by atoms with E-state index in [0.29, 0.717) is 19.3 Å². The van der Waals surface area contributed by atoms with Gasteiger partial charge in [-0.2, -0.15) is 0 Å². The lowest BCUT2D eigenvalue weighted by molar-refractivity contribution is -0.167. The van der Waals surface area contributed by atoms with E-state index in [1.54, 1.807) is 0 Å². The molecule has 0 radical (unpaired) electrons. The molecule has 0 aromatic heterocycles. The maximum Gasteiger partial charge on any atom is 0.306 e. The second kappa shape index (κ2) is 64.4. The van der Waals surface area contributed by atoms with Crippen molar-refractivity contribution in [3.05, 3.63) is 24.3 Å². The first-order valence-corrected chi connectivity index (χ1v) is 33.8. The Labute approximate surface area is 468 Å². The summed E-state index contributed by atoms with van der Waals surface area (Å²) in [6.45, 7) is 6.60. The van der Waals surface area contributed by atoms with Crippen molar-refractivity contribution in [3.63, 3.8) is 0 Å². The van der Waals surface area contributed by atoms with E-state index < -0.39 is 6.10 Å². The third kappa shape index (κ3) is 62.6. The molecule has 0 aliphatic heterocycles. The molecule has 0 heterocycles. The second-order valence-electron chi connectivity index (χ2n) is 23.1. The highest BCUT2D eigenvalue weighted by atomic mass is 16.6. The molecule has 0 saturated carbocycles. The third-order valence-corrected chi connectivity index (χ3v) is 15.4. The van der Waals surface area contributed by atoms with Gasteiger partial charge in [-0.25, -0.2) is 0 Å². The molecule has 6 heteroatoms. The topological polar surface area (TPSA) is 78.9 Å². The monoisotopic (exact) mass is 1050 g/mol. The number of hydrogen-bond acceptors (Lipinski definition) is 6. The molecule has 0 aliphatic rings. The van der Waals surface area contributed by atoms with Crippen LogP contribution in [0.2, 0.25) is 0 Å². The number of unbranched alkanes of at least 4 members (excludes halogenated alkanes) is 48. The number of rotatable bonds is 63. The van der Waals surface area contributed by atoms with Gasteiger partial charge in [-0.1, -0.05) is 315 Å². The van der Waals surface area contributed by atoms with Gasteiger partial charge in [0.15, 0.2) is 6.10 Å². The standard InChI is InChI=1S/C69H130O6/c1-4-7-10-13-15-17-19-21-23-25-26-27-28-29-30-31-32-33-34-35-36-37-38-39-40-41-42-44-45-47-49-51-53-56-59-62-68(71)74-65-66(64-73-67(70)61-58-55-12-9-6-3)75-69(72)63-60-57-54-52-50-48-46-43-24-22-20-18-16-14-11-8-5-2/h22,24-26,66H,4-21,23,27-65H2,1-3H3/b24-22-,26-25-. The van der Waals surface area contributed by atoms with E-state index in [-0.39, 0.29) is 31.1 Å². The first-order chi connectivity index (χ1) is 37.0. The van der Waals surface area contributed by atoms with Crippen molar-refractivity contribution in [1.29, 1.82) is 0 Å². The van der Waals surface area contributed by atoms with Crippen LogP contribution in [0.15, 0.2) is 24.3 Å². The molecule has 0 bridgehead atoms. The molecule has 0 fully saturated rings. The molecule has 75 heavy (non-hydrogen) atoms. The van der Waals surface area contributed by atoms with E-state index in [0.717, 1.165) is 64.2 Å². The lowest BCUT2D eigenvalue weighted by Crippen LogP contribution is -2.30. The summed E-state index contributed by atoms with van der Waals surface area (Å²) in [5.41, 5.74) is 0. The van der Waals surface area contributed by atoms with Gasteiger partial charge >= 0.3 is 17.9 Å². The van der Waals surface area contributed by atoms with E-state index in [1.165, 1.54) is 276 Å². The van der Waals surface area contributed by atoms with Crippen LogP contribution < -0.4 is 0 Å². The van der Waals surface area contributed by atoms with E-state index in [4.69, 9.17) is 14.2 Å². The predicted molar refractivity (Wildman–Crippen MR) is 326 cm³/mol. The van der Waals surface area contributed by atoms with Gasteiger partial charge < -0.3 is 14.2 Å². The highest BCUT2D eigenvalue weighted by Gasteiger charge is 2.19. The van der Waals surface area contributed by atoms with Crippen LogP contribution in [0.1, 0.15) is 380 Å². The fraction of sp³-hybridized carbons (Fsp3) is 0.899. The van der Waals surface area contributed by atoms with Gasteiger partial charge in [-0.3, -0.25) is 14.4 Å². The van der Waals surface area contributed by atoms with Crippen molar-refractivity contribution in [2.24, 2.45) is 0 Å². The highest BCUT2D eigenvalue weighted by molar-refractivity contribution is 5.71. The highest BCUT2D eigenvalue weighted by Crippen LogP contribution is 2.18. The average molecular weight is 1060 g/mol. The van der Waals surface area contributed by atoms with Crippen LogP contribution in [0.5, 0.6) is 0 Å². The van der Waals surface area contributed by atoms with Gasteiger partial charge in [-0.05, 0) is 70.6 Å². The predicted octanol–water partition coefficient (Wildman–Crippen LogP) is 23.0. The van der Waals surface area contributed by atoms with Gasteiger partial charge in [0.05, 0.1) is 0 Å². The van der Waals surface area contributed by atoms with Crippen molar-refractivity contribution in [2.75, 3.05) is 13.2 Å². The molecule has 6 nitrogen and oxygen atoms in total. The first kappa shape index (κ1) is 72.9. The summed E-state index contributed by atoms with van der Waals surface area (Å²) >= 11 is 0. The van der Waals surface area contributed by atoms with Crippen molar-refractivity contribution in [3.8, 4) is 0 Å². The summed E-state index contributed by atoms with van der Waals surface area (Å²) in [4.78, 5) is 37.9. The molecule has 0 spiro atoms. The van der Waals surface area contributed by atoms with Crippen LogP contribution in [-0.4, -0.2) is 37.2 Å². The minimum Gasteiger partial charge on any atom is -0.462 e. The van der Waals surface area contributed by atoms with Crippen molar-refractivity contribution in [2.45, 2.75) is 386 Å². The van der Waals surface area contributed by atoms with Crippen LogP contribution in [0.3, 0.4) is 0 Å². The molecular weight excluding hydrogens is 925 g/mol. The van der Waals surface area contributed by atoms with Gasteiger partial charge in [0.1, 0.15) is 13.2 Å². The van der Waals surface area contributed by atoms with Gasteiger partial charge in [0.25, 0.3) is 0 Å². The Morgan fingerprint density at radius 3 is 0.667 bits per heavy atom. The molecule has 0 aromatic carbocycles. The molecule has 0 rings (SSSR count). The Balaban J connectivity index is 3.84. The molecule has 0 saturated heterocycles. The smallest absolute Gasteiger partial charge is 0.306 e. The maximum absolute atomic E-state index is 12.8. The fourth-order valence-corrected chi connectivity index (χ4v) is 10.3. The Bertz CT molecular complexity index is 1210. The number of hydrogen-bond donors (Lipinski definition) is 0. The van der Waals surface area contributed by atoms with E-state index in [2.05, 4.69) is 45.1 Å². The van der Waals surface area contributed by atoms with Crippen molar-refractivity contribution >= 4 is 17.9 Å². The van der Waals surface area contributed by atoms with Crippen LogP contribution in [0.4, 0.5) is 0 Å². The minimum atomic E-state index is -0.767. The molecule has 0 aliphatic carbocycles. The summed E-state index contributed by atoms with van der Waals surface area (Å²) in [7, 11) is 0. The van der Waals surface area contributed by atoms with Crippen LogP contribution >= 0.6 is 0 Å². The van der Waals surface area contributed by atoms with Crippen molar-refractivity contribution in [1.82, 2.24) is 0 Å². The molecule has 0 N–H and O–H groups in total. The summed E-state index contributed by atoms with van der Waals surface area (Å²) < 4.78 is 16.8. The number of carbonyl (C=O) groups is 3. The zero-order chi connectivity index (χ0) is 54.3. The SMILES string of the molecule is CCCCCCCC/C=C\CCCCCCCCCC(=O)OC(COC(=O)CCCCCCC)COC(=O)CCCCCCCCCCCCCCCCCCCCCCCCC/C=C\CCCCCCCCCC. The number of allylic oxidation sites excluding steroid dienone is 4. The molecular formula is C69H130O6. The number of carbonyl (C=O) groups excluding carboxylic acids is 3. The average Bonchev–Trinajstić information content (AvgIpc) is 3.41. The van der Waals surface area contributed by atoms with Crippen LogP contribution in [-0.2, 0) is 28.6 Å². The van der Waals surface area contributed by atoms with Crippen LogP contribution in [0, 0.1) is 0 Å². The normalized spacial score (nSPS) is 12.1. The van der Waals surface area contributed by atoms with Crippen molar-refractivity contribution < 1.29 is 28.6 Å². The maximum atomic E-state index is 12.8. The second-order valence-corrected chi connectivity index (χ2v) is 23.1. The van der Waals surface area contributed by atoms with E-state index >= 15 is 0 Å². The Morgan fingerprint density at radius 2 is 0.440 bits per heavy atom. The summed E-state index contributed by atoms with van der Waals surface area (Å²) in [5, 5.41) is 0. The summed E-state index contributed by atoms with van der Waals surface area (Å²) in [5.74, 6) is -0.865. The van der Waals surface area contributed by atoms with Gasteiger partial charge in [0.2, 0.25) is 0 Å². The van der Waals surface area contributed by atoms with Crippen LogP contribution in [0.25, 0.3) is 0 Å².